The monoisotopic (exact) mass is 379 g/mol. The van der Waals surface area contributed by atoms with E-state index in [1.54, 1.807) is 25.3 Å². The van der Waals surface area contributed by atoms with Gasteiger partial charge in [-0.05, 0) is 37.6 Å². The summed E-state index contributed by atoms with van der Waals surface area (Å²) in [6.45, 7) is 3.88. The molecule has 28 heavy (non-hydrogen) atoms. The highest BCUT2D eigenvalue weighted by Gasteiger charge is 2.17. The highest BCUT2D eigenvalue weighted by atomic mass is 16.5. The van der Waals surface area contributed by atoms with Gasteiger partial charge in [-0.1, -0.05) is 29.8 Å². The Hall–Kier alpha value is -3.48. The molecular weight excluding hydrogens is 358 g/mol. The van der Waals surface area contributed by atoms with Gasteiger partial charge in [-0.15, -0.1) is 0 Å². The first-order valence-corrected chi connectivity index (χ1v) is 8.97. The number of hydrogen-bond acceptors (Lipinski definition) is 5. The number of pyridine rings is 2. The minimum atomic E-state index is -0.624. The van der Waals surface area contributed by atoms with Crippen LogP contribution in [0.1, 0.15) is 28.4 Å². The van der Waals surface area contributed by atoms with E-state index >= 15 is 0 Å². The van der Waals surface area contributed by atoms with Crippen molar-refractivity contribution in [1.82, 2.24) is 14.9 Å². The Morgan fingerprint density at radius 3 is 2.64 bits per heavy atom. The Bertz CT molecular complexity index is 1070. The van der Waals surface area contributed by atoms with Gasteiger partial charge in [0.25, 0.3) is 11.5 Å². The highest BCUT2D eigenvalue weighted by Crippen LogP contribution is 2.13. The Kier molecular flexibility index (Phi) is 5.84. The van der Waals surface area contributed by atoms with Crippen molar-refractivity contribution in [2.75, 3.05) is 13.2 Å². The Morgan fingerprint density at radius 2 is 1.93 bits per heavy atom. The van der Waals surface area contributed by atoms with Crippen molar-refractivity contribution in [2.24, 2.45) is 0 Å². The van der Waals surface area contributed by atoms with Gasteiger partial charge in [-0.2, -0.15) is 0 Å². The molecule has 7 heteroatoms. The first kappa shape index (κ1) is 19.3. The number of benzene rings is 1. The van der Waals surface area contributed by atoms with Gasteiger partial charge in [-0.25, -0.2) is 4.98 Å². The van der Waals surface area contributed by atoms with Gasteiger partial charge in [-0.3, -0.25) is 19.0 Å². The summed E-state index contributed by atoms with van der Waals surface area (Å²) >= 11 is 0. The van der Waals surface area contributed by atoms with Crippen LogP contribution in [0.25, 0.3) is 11.0 Å². The van der Waals surface area contributed by atoms with Crippen molar-refractivity contribution >= 4 is 22.9 Å². The molecule has 1 amide bonds. The molecule has 144 valence electrons. The summed E-state index contributed by atoms with van der Waals surface area (Å²) in [7, 11) is 0. The number of esters is 1. The zero-order valence-electron chi connectivity index (χ0n) is 15.8. The van der Waals surface area contributed by atoms with Gasteiger partial charge in [0.15, 0.2) is 0 Å². The fourth-order valence-electron chi connectivity index (χ4n) is 2.85. The number of nitrogens with zero attached hydrogens (tertiary/aromatic N) is 2. The van der Waals surface area contributed by atoms with Crippen molar-refractivity contribution in [1.29, 1.82) is 0 Å². The summed E-state index contributed by atoms with van der Waals surface area (Å²) in [5, 5.41) is 3.10. The normalized spacial score (nSPS) is 10.6. The Labute approximate surface area is 162 Å². The number of carbonyl (C=O) groups is 2. The van der Waals surface area contributed by atoms with E-state index in [1.165, 1.54) is 10.6 Å². The van der Waals surface area contributed by atoms with Crippen LogP contribution >= 0.6 is 0 Å². The minimum absolute atomic E-state index is 0.0445. The molecule has 0 spiro atoms. The van der Waals surface area contributed by atoms with Gasteiger partial charge in [0.2, 0.25) is 0 Å². The second kappa shape index (κ2) is 8.47. The Balaban J connectivity index is 1.99. The second-order valence-electron chi connectivity index (χ2n) is 6.34. The van der Waals surface area contributed by atoms with Crippen LogP contribution in [0.5, 0.6) is 0 Å². The Morgan fingerprint density at radius 1 is 1.18 bits per heavy atom. The highest BCUT2D eigenvalue weighted by molar-refractivity contribution is 5.98. The fraction of sp³-hybridized carbons (Fsp3) is 0.238. The van der Waals surface area contributed by atoms with E-state index in [2.05, 4.69) is 10.3 Å². The van der Waals surface area contributed by atoms with E-state index in [-0.39, 0.29) is 25.3 Å². The summed E-state index contributed by atoms with van der Waals surface area (Å²) in [6, 6.07) is 12.8. The molecule has 0 aliphatic heterocycles. The van der Waals surface area contributed by atoms with Crippen molar-refractivity contribution in [3.8, 4) is 0 Å². The predicted molar refractivity (Wildman–Crippen MR) is 105 cm³/mol. The zero-order valence-corrected chi connectivity index (χ0v) is 15.8. The van der Waals surface area contributed by atoms with E-state index in [4.69, 9.17) is 4.74 Å². The number of nitrogens with one attached hydrogen (secondary N) is 1. The van der Waals surface area contributed by atoms with Crippen LogP contribution in [0.2, 0.25) is 0 Å². The lowest BCUT2D eigenvalue weighted by Gasteiger charge is -2.12. The van der Waals surface area contributed by atoms with Gasteiger partial charge in [0.05, 0.1) is 13.2 Å². The minimum Gasteiger partial charge on any atom is -0.465 e. The number of amides is 1. The molecule has 0 saturated carbocycles. The van der Waals surface area contributed by atoms with E-state index < -0.39 is 17.4 Å². The van der Waals surface area contributed by atoms with Crippen molar-refractivity contribution < 1.29 is 14.3 Å². The van der Waals surface area contributed by atoms with E-state index in [1.807, 2.05) is 31.2 Å². The number of ether oxygens (including phenoxy) is 1. The van der Waals surface area contributed by atoms with Crippen molar-refractivity contribution in [3.63, 3.8) is 0 Å². The SMILES string of the molecule is CCOC(=O)CNC(=O)c1cc2cccnc2n(Cc2ccc(C)cc2)c1=O. The number of aromatic nitrogens is 2. The lowest BCUT2D eigenvalue weighted by Crippen LogP contribution is -2.36. The first-order chi connectivity index (χ1) is 13.5. The molecule has 0 atom stereocenters. The molecule has 0 bridgehead atoms. The fourth-order valence-corrected chi connectivity index (χ4v) is 2.85. The molecule has 1 N–H and O–H groups in total. The topological polar surface area (TPSA) is 90.3 Å². The average molecular weight is 379 g/mol. The third kappa shape index (κ3) is 4.25. The van der Waals surface area contributed by atoms with E-state index in [0.29, 0.717) is 11.0 Å². The first-order valence-electron chi connectivity index (χ1n) is 8.97. The number of rotatable bonds is 6. The summed E-state index contributed by atoms with van der Waals surface area (Å²) in [5.74, 6) is -1.18. The number of carbonyl (C=O) groups excluding carboxylic acids is 2. The molecule has 3 aromatic rings. The maximum absolute atomic E-state index is 13.0. The number of aryl methyl sites for hydroxylation is 1. The largest absolute Gasteiger partial charge is 0.465 e. The molecule has 0 aliphatic carbocycles. The quantitative estimate of drug-likeness (QED) is 0.662. The summed E-state index contributed by atoms with van der Waals surface area (Å²) in [4.78, 5) is 41.3. The maximum atomic E-state index is 13.0. The van der Waals surface area contributed by atoms with Gasteiger partial charge >= 0.3 is 5.97 Å². The van der Waals surface area contributed by atoms with Crippen LogP contribution in [-0.4, -0.2) is 34.6 Å². The second-order valence-corrected chi connectivity index (χ2v) is 6.34. The maximum Gasteiger partial charge on any atom is 0.325 e. The van der Waals surface area contributed by atoms with Gasteiger partial charge < -0.3 is 10.1 Å². The lowest BCUT2D eigenvalue weighted by molar-refractivity contribution is -0.141. The molecule has 0 fully saturated rings. The molecule has 0 aliphatic rings. The van der Waals surface area contributed by atoms with Crippen LogP contribution in [0.15, 0.2) is 53.5 Å². The zero-order chi connectivity index (χ0) is 20.1. The third-order valence-corrected chi connectivity index (χ3v) is 4.25. The molecule has 3 rings (SSSR count). The van der Waals surface area contributed by atoms with Crippen molar-refractivity contribution in [3.05, 3.63) is 75.7 Å². The van der Waals surface area contributed by atoms with Gasteiger partial charge in [0, 0.05) is 11.6 Å². The predicted octanol–water partition coefficient (Wildman–Crippen LogP) is 2.05. The number of hydrogen-bond donors (Lipinski definition) is 1. The molecule has 0 unspecified atom stereocenters. The molecule has 2 aromatic heterocycles. The van der Waals surface area contributed by atoms with Crippen LogP contribution < -0.4 is 10.9 Å². The van der Waals surface area contributed by atoms with E-state index in [9.17, 15) is 14.4 Å². The summed E-state index contributed by atoms with van der Waals surface area (Å²) in [5.41, 5.74) is 2.02. The number of fused-ring (bicyclic) bond motifs is 1. The molecule has 1 aromatic carbocycles. The van der Waals surface area contributed by atoms with Crippen LogP contribution in [0, 0.1) is 6.92 Å². The van der Waals surface area contributed by atoms with Crippen LogP contribution in [0.4, 0.5) is 0 Å². The third-order valence-electron chi connectivity index (χ3n) is 4.25. The van der Waals surface area contributed by atoms with Gasteiger partial charge in [0.1, 0.15) is 17.8 Å². The standard InChI is InChI=1S/C21H21N3O4/c1-3-28-18(25)12-23-20(26)17-11-16-5-4-10-22-19(16)24(21(17)27)13-15-8-6-14(2)7-9-15/h4-11H,3,12-13H2,1-2H3,(H,23,26). The van der Waals surface area contributed by atoms with Crippen LogP contribution in [-0.2, 0) is 16.1 Å². The molecule has 0 saturated heterocycles. The molecule has 7 nitrogen and oxygen atoms in total. The van der Waals surface area contributed by atoms with Crippen molar-refractivity contribution in [2.45, 2.75) is 20.4 Å². The molecule has 0 radical (unpaired) electrons. The summed E-state index contributed by atoms with van der Waals surface area (Å²) in [6.07, 6.45) is 1.61. The average Bonchev–Trinajstić information content (AvgIpc) is 2.70. The van der Waals surface area contributed by atoms with E-state index in [0.717, 1.165) is 11.1 Å². The molecular formula is C21H21N3O4. The smallest absolute Gasteiger partial charge is 0.325 e. The lowest BCUT2D eigenvalue weighted by atomic mass is 10.1. The summed E-state index contributed by atoms with van der Waals surface area (Å²) < 4.78 is 6.27. The van der Waals surface area contributed by atoms with Crippen LogP contribution in [0.3, 0.4) is 0 Å². The molecule has 2 heterocycles.